The van der Waals surface area contributed by atoms with Crippen LogP contribution in [-0.4, -0.2) is 38.4 Å². The third-order valence-electron chi connectivity index (χ3n) is 3.05. The second-order valence-corrected chi connectivity index (χ2v) is 4.71. The lowest BCUT2D eigenvalue weighted by atomic mass is 10.0. The Morgan fingerprint density at radius 3 is 2.86 bits per heavy atom. The Morgan fingerprint density at radius 2 is 2.23 bits per heavy atom. The molecule has 0 bridgehead atoms. The van der Waals surface area contributed by atoms with Crippen LogP contribution in [0.1, 0.15) is 18.2 Å². The van der Waals surface area contributed by atoms with Crippen LogP contribution in [0.3, 0.4) is 0 Å². The first-order valence-corrected chi connectivity index (χ1v) is 6.90. The number of pyridine rings is 1. The number of carbonyl (C=O) groups excluding carboxylic acids is 1. The molecule has 2 heterocycles. The van der Waals surface area contributed by atoms with Gasteiger partial charge in [0.2, 0.25) is 0 Å². The largest absolute Gasteiger partial charge is 0.481 e. The fourth-order valence-corrected chi connectivity index (χ4v) is 2.01. The van der Waals surface area contributed by atoms with Gasteiger partial charge in [-0.05, 0) is 31.0 Å². The Balaban J connectivity index is 2.04. The fourth-order valence-electron chi connectivity index (χ4n) is 2.01. The quantitative estimate of drug-likeness (QED) is 0.608. The topological polar surface area (TPSA) is 94.3 Å². The molecular formula is C15H17N3O4. The van der Waals surface area contributed by atoms with Gasteiger partial charge in [0.25, 0.3) is 0 Å². The van der Waals surface area contributed by atoms with Gasteiger partial charge in [-0.1, -0.05) is 6.07 Å². The lowest BCUT2D eigenvalue weighted by Crippen LogP contribution is -2.27. The number of carboxylic acids is 1. The molecule has 0 fully saturated rings. The molecule has 0 saturated heterocycles. The van der Waals surface area contributed by atoms with Crippen LogP contribution in [0.2, 0.25) is 0 Å². The molecule has 22 heavy (non-hydrogen) atoms. The molecule has 7 nitrogen and oxygen atoms in total. The van der Waals surface area contributed by atoms with Crippen molar-refractivity contribution in [3.63, 3.8) is 0 Å². The zero-order valence-electron chi connectivity index (χ0n) is 12.2. The van der Waals surface area contributed by atoms with Crippen LogP contribution in [0.15, 0.2) is 36.8 Å². The van der Waals surface area contributed by atoms with E-state index in [0.717, 1.165) is 5.69 Å². The van der Waals surface area contributed by atoms with Crippen molar-refractivity contribution in [2.45, 2.75) is 19.9 Å². The summed E-state index contributed by atoms with van der Waals surface area (Å²) in [6, 6.07) is 5.59. The van der Waals surface area contributed by atoms with Gasteiger partial charge in [-0.15, -0.1) is 0 Å². The van der Waals surface area contributed by atoms with Gasteiger partial charge < -0.3 is 9.84 Å². The van der Waals surface area contributed by atoms with Crippen LogP contribution in [0.4, 0.5) is 0 Å². The van der Waals surface area contributed by atoms with Crippen molar-refractivity contribution in [2.24, 2.45) is 5.92 Å². The van der Waals surface area contributed by atoms with Crippen LogP contribution in [0.25, 0.3) is 0 Å². The van der Waals surface area contributed by atoms with Crippen LogP contribution in [-0.2, 0) is 27.3 Å². The average molecular weight is 303 g/mol. The van der Waals surface area contributed by atoms with Crippen molar-refractivity contribution in [1.82, 2.24) is 14.8 Å². The minimum Gasteiger partial charge on any atom is -0.481 e. The third kappa shape index (κ3) is 4.15. The molecule has 1 atom stereocenters. The Hall–Kier alpha value is -2.70. The number of aliphatic carboxylic acids is 1. The van der Waals surface area contributed by atoms with Gasteiger partial charge in [0, 0.05) is 12.4 Å². The summed E-state index contributed by atoms with van der Waals surface area (Å²) in [6.45, 7) is 2.28. The van der Waals surface area contributed by atoms with Crippen molar-refractivity contribution in [1.29, 1.82) is 0 Å². The van der Waals surface area contributed by atoms with Crippen LogP contribution < -0.4 is 0 Å². The average Bonchev–Trinajstić information content (AvgIpc) is 2.93. The fraction of sp³-hybridized carbons (Fsp3) is 0.333. The molecule has 0 aliphatic rings. The smallest absolute Gasteiger partial charge is 0.320 e. The standard InChI is InChI=1S/C15H17N3O4/c1-2-22-15(21)13(14(19)20)7-11-8-17-18(9-11)10-12-5-3-4-6-16-12/h3-6,8-9,13H,2,7,10H2,1H3,(H,19,20). The highest BCUT2D eigenvalue weighted by Gasteiger charge is 2.28. The summed E-state index contributed by atoms with van der Waals surface area (Å²) in [6.07, 6.45) is 5.01. The van der Waals surface area contributed by atoms with E-state index in [0.29, 0.717) is 12.1 Å². The number of esters is 1. The number of rotatable bonds is 7. The zero-order chi connectivity index (χ0) is 15.9. The Kier molecular flexibility index (Phi) is 5.24. The summed E-state index contributed by atoms with van der Waals surface area (Å²) in [5, 5.41) is 13.3. The van der Waals surface area contributed by atoms with Gasteiger partial charge >= 0.3 is 11.9 Å². The number of nitrogens with zero attached hydrogens (tertiary/aromatic N) is 3. The molecule has 0 spiro atoms. The first kappa shape index (κ1) is 15.7. The molecule has 2 rings (SSSR count). The SMILES string of the molecule is CCOC(=O)C(Cc1cnn(Cc2ccccn2)c1)C(=O)O. The second kappa shape index (κ2) is 7.35. The predicted octanol–water partition coefficient (Wildman–Crippen LogP) is 1.13. The Labute approximate surface area is 127 Å². The van der Waals surface area contributed by atoms with Gasteiger partial charge in [-0.3, -0.25) is 19.3 Å². The summed E-state index contributed by atoms with van der Waals surface area (Å²) in [5.74, 6) is -3.14. The number of hydrogen-bond donors (Lipinski definition) is 1. The van der Waals surface area contributed by atoms with E-state index in [4.69, 9.17) is 9.84 Å². The maximum Gasteiger partial charge on any atom is 0.320 e. The van der Waals surface area contributed by atoms with E-state index >= 15 is 0 Å². The molecule has 1 N–H and O–H groups in total. The zero-order valence-corrected chi connectivity index (χ0v) is 12.2. The first-order chi connectivity index (χ1) is 10.6. The van der Waals surface area contributed by atoms with Crippen molar-refractivity contribution >= 4 is 11.9 Å². The van der Waals surface area contributed by atoms with Crippen molar-refractivity contribution in [3.8, 4) is 0 Å². The van der Waals surface area contributed by atoms with Crippen LogP contribution >= 0.6 is 0 Å². The van der Waals surface area contributed by atoms with Gasteiger partial charge in [0.1, 0.15) is 0 Å². The maximum absolute atomic E-state index is 11.6. The van der Waals surface area contributed by atoms with Gasteiger partial charge in [0.05, 0.1) is 25.0 Å². The summed E-state index contributed by atoms with van der Waals surface area (Å²) >= 11 is 0. The Morgan fingerprint density at radius 1 is 1.41 bits per heavy atom. The van der Waals surface area contributed by atoms with E-state index in [1.54, 1.807) is 30.2 Å². The molecule has 2 aromatic rings. The molecule has 0 radical (unpaired) electrons. The van der Waals surface area contributed by atoms with Crippen molar-refractivity contribution in [2.75, 3.05) is 6.61 Å². The minimum atomic E-state index is -1.22. The summed E-state index contributed by atoms with van der Waals surface area (Å²) < 4.78 is 6.44. The predicted molar refractivity (Wildman–Crippen MR) is 77.0 cm³/mol. The number of carbonyl (C=O) groups is 2. The highest BCUT2D eigenvalue weighted by Crippen LogP contribution is 2.11. The van der Waals surface area contributed by atoms with Crippen molar-refractivity contribution < 1.29 is 19.4 Å². The second-order valence-electron chi connectivity index (χ2n) is 4.71. The van der Waals surface area contributed by atoms with E-state index in [-0.39, 0.29) is 13.0 Å². The maximum atomic E-state index is 11.6. The minimum absolute atomic E-state index is 0.0520. The normalized spacial score (nSPS) is 11.9. The number of aromatic nitrogens is 3. The monoisotopic (exact) mass is 303 g/mol. The summed E-state index contributed by atoms with van der Waals surface area (Å²) in [7, 11) is 0. The first-order valence-electron chi connectivity index (χ1n) is 6.90. The number of carboxylic acid groups (broad SMARTS) is 1. The summed E-state index contributed by atoms with van der Waals surface area (Å²) in [5.41, 5.74) is 1.51. The van der Waals surface area contributed by atoms with E-state index in [1.807, 2.05) is 18.2 Å². The molecule has 0 amide bonds. The molecule has 0 aliphatic heterocycles. The summed E-state index contributed by atoms with van der Waals surface area (Å²) in [4.78, 5) is 27.0. The van der Waals surface area contributed by atoms with Crippen molar-refractivity contribution in [3.05, 3.63) is 48.0 Å². The van der Waals surface area contributed by atoms with E-state index < -0.39 is 17.9 Å². The molecule has 1 unspecified atom stereocenters. The molecular weight excluding hydrogens is 286 g/mol. The molecule has 0 saturated carbocycles. The lowest BCUT2D eigenvalue weighted by Gasteiger charge is -2.09. The van der Waals surface area contributed by atoms with Gasteiger partial charge in [-0.25, -0.2) is 0 Å². The highest BCUT2D eigenvalue weighted by molar-refractivity contribution is 5.94. The third-order valence-corrected chi connectivity index (χ3v) is 3.05. The molecule has 2 aromatic heterocycles. The van der Waals surface area contributed by atoms with Gasteiger partial charge in [-0.2, -0.15) is 5.10 Å². The van der Waals surface area contributed by atoms with Gasteiger partial charge in [0.15, 0.2) is 5.92 Å². The number of hydrogen-bond acceptors (Lipinski definition) is 5. The van der Waals surface area contributed by atoms with E-state index in [2.05, 4.69) is 10.1 Å². The molecule has 116 valence electrons. The molecule has 0 aliphatic carbocycles. The number of ether oxygens (including phenoxy) is 1. The van der Waals surface area contributed by atoms with E-state index in [9.17, 15) is 9.59 Å². The Bertz CT molecular complexity index is 639. The van der Waals surface area contributed by atoms with Crippen LogP contribution in [0.5, 0.6) is 0 Å². The van der Waals surface area contributed by atoms with Crippen LogP contribution in [0, 0.1) is 5.92 Å². The highest BCUT2D eigenvalue weighted by atomic mass is 16.5. The lowest BCUT2D eigenvalue weighted by molar-refractivity contribution is -0.158. The molecule has 0 aromatic carbocycles. The molecule has 7 heteroatoms. The van der Waals surface area contributed by atoms with E-state index in [1.165, 1.54) is 0 Å².